The molecule has 0 bridgehead atoms. The second-order valence-corrected chi connectivity index (χ2v) is 5.63. The smallest absolute Gasteiger partial charge is 0.341 e. The van der Waals surface area contributed by atoms with Gasteiger partial charge in [-0.15, -0.1) is 0 Å². The molecule has 0 unspecified atom stereocenters. The molecule has 2 rings (SSSR count). The van der Waals surface area contributed by atoms with E-state index in [1.165, 1.54) is 14.2 Å². The Morgan fingerprint density at radius 3 is 2.48 bits per heavy atom. The molecule has 1 amide bonds. The van der Waals surface area contributed by atoms with E-state index in [4.69, 9.17) is 4.74 Å². The lowest BCUT2D eigenvalue weighted by Gasteiger charge is -2.12. The van der Waals surface area contributed by atoms with Crippen molar-refractivity contribution in [1.29, 1.82) is 0 Å². The highest BCUT2D eigenvalue weighted by molar-refractivity contribution is 9.10. The van der Waals surface area contributed by atoms with Crippen LogP contribution in [0.5, 0.6) is 5.75 Å². The van der Waals surface area contributed by atoms with Gasteiger partial charge < -0.3 is 14.8 Å². The number of hydrogen-bond donors (Lipinski definition) is 1. The van der Waals surface area contributed by atoms with Gasteiger partial charge in [0.05, 0.1) is 14.2 Å². The lowest BCUT2D eigenvalue weighted by molar-refractivity contribution is 0.0597. The van der Waals surface area contributed by atoms with Gasteiger partial charge in [0, 0.05) is 21.8 Å². The van der Waals surface area contributed by atoms with Crippen LogP contribution in [0.4, 0.5) is 5.69 Å². The number of esters is 1. The van der Waals surface area contributed by atoms with Gasteiger partial charge in [0.1, 0.15) is 11.3 Å². The molecule has 0 saturated heterocycles. The summed E-state index contributed by atoms with van der Waals surface area (Å²) >= 11 is 3.40. The maximum atomic E-state index is 12.4. The third kappa shape index (κ3) is 3.71. The molecule has 23 heavy (non-hydrogen) atoms. The zero-order chi connectivity index (χ0) is 17.0. The summed E-state index contributed by atoms with van der Waals surface area (Å²) in [6.45, 7) is 1.86. The molecule has 6 heteroatoms. The average molecular weight is 378 g/mol. The van der Waals surface area contributed by atoms with Crippen molar-refractivity contribution in [2.45, 2.75) is 6.92 Å². The Morgan fingerprint density at radius 2 is 1.83 bits per heavy atom. The fourth-order valence-corrected chi connectivity index (χ4v) is 2.47. The number of halogens is 1. The van der Waals surface area contributed by atoms with Crippen molar-refractivity contribution in [3.05, 3.63) is 57.6 Å². The van der Waals surface area contributed by atoms with Crippen LogP contribution in [0.25, 0.3) is 0 Å². The normalized spacial score (nSPS) is 10.1. The van der Waals surface area contributed by atoms with Crippen molar-refractivity contribution >= 4 is 33.5 Å². The first-order chi connectivity index (χ1) is 11.0. The van der Waals surface area contributed by atoms with Gasteiger partial charge in [-0.1, -0.05) is 22.0 Å². The maximum absolute atomic E-state index is 12.4. The van der Waals surface area contributed by atoms with Crippen LogP contribution in [0.2, 0.25) is 0 Å². The lowest BCUT2D eigenvalue weighted by Crippen LogP contribution is -2.14. The van der Waals surface area contributed by atoms with Gasteiger partial charge in [0.15, 0.2) is 0 Å². The van der Waals surface area contributed by atoms with Crippen LogP contribution in [0.15, 0.2) is 40.9 Å². The molecule has 0 heterocycles. The standard InChI is InChI=1S/C17H16BrNO4/c1-10-12(5-4-6-14(10)18)16(20)19-11-7-8-13(17(21)23-3)15(9-11)22-2/h4-9H,1-3H3,(H,19,20). The molecule has 0 aliphatic rings. The highest BCUT2D eigenvalue weighted by Gasteiger charge is 2.15. The van der Waals surface area contributed by atoms with E-state index in [0.29, 0.717) is 22.6 Å². The van der Waals surface area contributed by atoms with Gasteiger partial charge in [-0.2, -0.15) is 0 Å². The number of hydrogen-bond acceptors (Lipinski definition) is 4. The zero-order valence-corrected chi connectivity index (χ0v) is 14.6. The number of anilines is 1. The Kier molecular flexibility index (Phi) is 5.39. The fraction of sp³-hybridized carbons (Fsp3) is 0.176. The highest BCUT2D eigenvalue weighted by atomic mass is 79.9. The summed E-state index contributed by atoms with van der Waals surface area (Å²) in [5, 5.41) is 2.79. The van der Waals surface area contributed by atoms with Gasteiger partial charge in [-0.25, -0.2) is 4.79 Å². The number of nitrogens with one attached hydrogen (secondary N) is 1. The highest BCUT2D eigenvalue weighted by Crippen LogP contribution is 2.25. The summed E-state index contributed by atoms with van der Waals surface area (Å²) in [6.07, 6.45) is 0. The van der Waals surface area contributed by atoms with Crippen molar-refractivity contribution in [1.82, 2.24) is 0 Å². The van der Waals surface area contributed by atoms with E-state index in [2.05, 4.69) is 26.0 Å². The third-order valence-corrected chi connectivity index (χ3v) is 4.24. The maximum Gasteiger partial charge on any atom is 0.341 e. The van der Waals surface area contributed by atoms with Crippen molar-refractivity contribution in [3.63, 3.8) is 0 Å². The number of methoxy groups -OCH3 is 2. The molecule has 1 N–H and O–H groups in total. The molecule has 0 aromatic heterocycles. The van der Waals surface area contributed by atoms with Crippen LogP contribution in [0.1, 0.15) is 26.3 Å². The Hall–Kier alpha value is -2.34. The van der Waals surface area contributed by atoms with E-state index in [1.54, 1.807) is 30.3 Å². The molecule has 0 aliphatic carbocycles. The SMILES string of the molecule is COC(=O)c1ccc(NC(=O)c2cccc(Br)c2C)cc1OC. The summed E-state index contributed by atoms with van der Waals surface area (Å²) in [5.74, 6) is -0.403. The summed E-state index contributed by atoms with van der Waals surface area (Å²) in [5.41, 5.74) is 2.24. The van der Waals surface area contributed by atoms with Crippen LogP contribution in [0, 0.1) is 6.92 Å². The molecule has 2 aromatic carbocycles. The molecule has 0 fully saturated rings. The van der Waals surface area contributed by atoms with Gasteiger partial charge >= 0.3 is 5.97 Å². The second-order valence-electron chi connectivity index (χ2n) is 4.77. The topological polar surface area (TPSA) is 64.6 Å². The van der Waals surface area contributed by atoms with Gasteiger partial charge in [0.25, 0.3) is 5.91 Å². The molecule has 0 radical (unpaired) electrons. The van der Waals surface area contributed by atoms with Crippen LogP contribution in [-0.4, -0.2) is 26.1 Å². The zero-order valence-electron chi connectivity index (χ0n) is 13.0. The van der Waals surface area contributed by atoms with E-state index in [-0.39, 0.29) is 5.91 Å². The van der Waals surface area contributed by atoms with E-state index in [1.807, 2.05) is 13.0 Å². The first-order valence-corrected chi connectivity index (χ1v) is 7.60. The molecule has 5 nitrogen and oxygen atoms in total. The number of rotatable bonds is 4. The molecule has 0 aliphatic heterocycles. The molecule has 2 aromatic rings. The Morgan fingerprint density at radius 1 is 1.09 bits per heavy atom. The minimum Gasteiger partial charge on any atom is -0.496 e. The predicted octanol–water partition coefficient (Wildman–Crippen LogP) is 3.81. The summed E-state index contributed by atoms with van der Waals surface area (Å²) < 4.78 is 10.7. The van der Waals surface area contributed by atoms with Crippen LogP contribution >= 0.6 is 15.9 Å². The third-order valence-electron chi connectivity index (χ3n) is 3.38. The van der Waals surface area contributed by atoms with E-state index in [0.717, 1.165) is 10.0 Å². The van der Waals surface area contributed by atoms with Crippen molar-refractivity contribution in [2.75, 3.05) is 19.5 Å². The fourth-order valence-electron chi connectivity index (χ4n) is 2.10. The second kappa shape index (κ2) is 7.28. The Balaban J connectivity index is 2.28. The monoisotopic (exact) mass is 377 g/mol. The lowest BCUT2D eigenvalue weighted by atomic mass is 10.1. The molecule has 0 spiro atoms. The van der Waals surface area contributed by atoms with Crippen LogP contribution in [0.3, 0.4) is 0 Å². The summed E-state index contributed by atoms with van der Waals surface area (Å²) in [6, 6.07) is 10.2. The Bertz CT molecular complexity index is 758. The number of amides is 1. The molecule has 0 atom stereocenters. The molecule has 120 valence electrons. The minimum atomic E-state index is -0.498. The first kappa shape index (κ1) is 17.0. The molecule has 0 saturated carbocycles. The minimum absolute atomic E-state index is 0.239. The Labute approximate surface area is 142 Å². The van der Waals surface area contributed by atoms with E-state index in [9.17, 15) is 9.59 Å². The van der Waals surface area contributed by atoms with Gasteiger partial charge in [0.2, 0.25) is 0 Å². The number of benzene rings is 2. The van der Waals surface area contributed by atoms with Crippen molar-refractivity contribution < 1.29 is 19.1 Å². The van der Waals surface area contributed by atoms with Crippen LogP contribution in [-0.2, 0) is 4.74 Å². The quantitative estimate of drug-likeness (QED) is 0.822. The largest absolute Gasteiger partial charge is 0.496 e. The van der Waals surface area contributed by atoms with Crippen molar-refractivity contribution in [3.8, 4) is 5.75 Å². The average Bonchev–Trinajstić information content (AvgIpc) is 2.56. The predicted molar refractivity (Wildman–Crippen MR) is 91.2 cm³/mol. The summed E-state index contributed by atoms with van der Waals surface area (Å²) in [4.78, 5) is 24.0. The van der Waals surface area contributed by atoms with E-state index < -0.39 is 5.97 Å². The first-order valence-electron chi connectivity index (χ1n) is 6.80. The molecular weight excluding hydrogens is 362 g/mol. The number of ether oxygens (including phenoxy) is 2. The van der Waals surface area contributed by atoms with E-state index >= 15 is 0 Å². The van der Waals surface area contributed by atoms with Crippen molar-refractivity contribution in [2.24, 2.45) is 0 Å². The number of carbonyl (C=O) groups excluding carboxylic acids is 2. The molecular formula is C17H16BrNO4. The summed E-state index contributed by atoms with van der Waals surface area (Å²) in [7, 11) is 2.75. The van der Waals surface area contributed by atoms with Gasteiger partial charge in [-0.05, 0) is 36.8 Å². The van der Waals surface area contributed by atoms with Crippen LogP contribution < -0.4 is 10.1 Å². The van der Waals surface area contributed by atoms with Gasteiger partial charge in [-0.3, -0.25) is 4.79 Å². The number of carbonyl (C=O) groups is 2.